The van der Waals surface area contributed by atoms with Gasteiger partial charge in [-0.2, -0.15) is 0 Å². The molecule has 0 amide bonds. The molecule has 0 aliphatic carbocycles. The van der Waals surface area contributed by atoms with Gasteiger partial charge in [-0.1, -0.05) is 42.8 Å². The van der Waals surface area contributed by atoms with Gasteiger partial charge in [0.1, 0.15) is 0 Å². The van der Waals surface area contributed by atoms with Crippen LogP contribution in [0.5, 0.6) is 0 Å². The third-order valence-electron chi connectivity index (χ3n) is 2.40. The second kappa shape index (κ2) is 7.58. The maximum atomic E-state index is 4.08. The van der Waals surface area contributed by atoms with Gasteiger partial charge in [0.25, 0.3) is 0 Å². The lowest BCUT2D eigenvalue weighted by Crippen LogP contribution is -2.01. The molecule has 0 aliphatic heterocycles. The minimum absolute atomic E-state index is 1.07. The van der Waals surface area contributed by atoms with E-state index in [2.05, 4.69) is 54.5 Å². The molecule has 1 aromatic heterocycles. The SMILES string of the molecule is CCNC.Cc1ccc(-c2cccnc2)cc1. The molecule has 0 saturated heterocycles. The quantitative estimate of drug-likeness (QED) is 0.853. The van der Waals surface area contributed by atoms with Crippen molar-refractivity contribution in [1.29, 1.82) is 0 Å². The van der Waals surface area contributed by atoms with Crippen molar-refractivity contribution >= 4 is 0 Å². The van der Waals surface area contributed by atoms with Gasteiger partial charge < -0.3 is 5.32 Å². The van der Waals surface area contributed by atoms with E-state index >= 15 is 0 Å². The summed E-state index contributed by atoms with van der Waals surface area (Å²) in [6.45, 7) is 5.23. The summed E-state index contributed by atoms with van der Waals surface area (Å²) in [6.07, 6.45) is 3.67. The summed E-state index contributed by atoms with van der Waals surface area (Å²) in [5.74, 6) is 0. The van der Waals surface area contributed by atoms with E-state index in [-0.39, 0.29) is 0 Å². The summed E-state index contributed by atoms with van der Waals surface area (Å²) < 4.78 is 0. The average molecular weight is 228 g/mol. The van der Waals surface area contributed by atoms with Gasteiger partial charge >= 0.3 is 0 Å². The molecule has 0 bridgehead atoms. The minimum Gasteiger partial charge on any atom is -0.320 e. The molecule has 2 nitrogen and oxygen atoms in total. The van der Waals surface area contributed by atoms with Gasteiger partial charge in [-0.05, 0) is 37.7 Å². The Hall–Kier alpha value is -1.67. The van der Waals surface area contributed by atoms with Gasteiger partial charge in [0.2, 0.25) is 0 Å². The number of nitrogens with zero attached hydrogens (tertiary/aromatic N) is 1. The predicted molar refractivity (Wildman–Crippen MR) is 74.0 cm³/mol. The lowest BCUT2D eigenvalue weighted by atomic mass is 10.1. The molecule has 0 atom stereocenters. The second-order valence-electron chi connectivity index (χ2n) is 3.81. The number of aryl methyl sites for hydroxylation is 1. The highest BCUT2D eigenvalue weighted by Gasteiger charge is 1.94. The van der Waals surface area contributed by atoms with Gasteiger partial charge in [-0.25, -0.2) is 0 Å². The third-order valence-corrected chi connectivity index (χ3v) is 2.40. The highest BCUT2D eigenvalue weighted by molar-refractivity contribution is 5.62. The van der Waals surface area contributed by atoms with Crippen molar-refractivity contribution < 1.29 is 0 Å². The van der Waals surface area contributed by atoms with E-state index in [0.717, 1.165) is 6.54 Å². The Morgan fingerprint density at radius 2 is 1.71 bits per heavy atom. The number of nitrogens with one attached hydrogen (secondary N) is 1. The number of hydrogen-bond donors (Lipinski definition) is 1. The van der Waals surface area contributed by atoms with Crippen molar-refractivity contribution in [1.82, 2.24) is 10.3 Å². The van der Waals surface area contributed by atoms with Gasteiger partial charge in [0.15, 0.2) is 0 Å². The number of aromatic nitrogens is 1. The van der Waals surface area contributed by atoms with Crippen LogP contribution in [0.4, 0.5) is 0 Å². The summed E-state index contributed by atoms with van der Waals surface area (Å²) >= 11 is 0. The van der Waals surface area contributed by atoms with Crippen molar-refractivity contribution in [2.45, 2.75) is 13.8 Å². The van der Waals surface area contributed by atoms with Gasteiger partial charge in [0, 0.05) is 12.4 Å². The van der Waals surface area contributed by atoms with Crippen LogP contribution in [0.15, 0.2) is 48.8 Å². The van der Waals surface area contributed by atoms with Crippen molar-refractivity contribution in [3.05, 3.63) is 54.4 Å². The molecule has 2 heteroatoms. The van der Waals surface area contributed by atoms with E-state index in [1.807, 2.05) is 19.3 Å². The highest BCUT2D eigenvalue weighted by Crippen LogP contribution is 2.17. The second-order valence-corrected chi connectivity index (χ2v) is 3.81. The molecule has 0 saturated carbocycles. The topological polar surface area (TPSA) is 24.9 Å². The van der Waals surface area contributed by atoms with Gasteiger partial charge in [0.05, 0.1) is 0 Å². The van der Waals surface area contributed by atoms with Crippen LogP contribution >= 0.6 is 0 Å². The van der Waals surface area contributed by atoms with Crippen LogP contribution in [0, 0.1) is 6.92 Å². The maximum Gasteiger partial charge on any atom is 0.0346 e. The zero-order valence-electron chi connectivity index (χ0n) is 10.8. The fourth-order valence-corrected chi connectivity index (χ4v) is 1.28. The van der Waals surface area contributed by atoms with Gasteiger partial charge in [-0.3, -0.25) is 4.98 Å². The Morgan fingerprint density at radius 3 is 2.18 bits per heavy atom. The Kier molecular flexibility index (Phi) is 5.97. The summed E-state index contributed by atoms with van der Waals surface area (Å²) in [5.41, 5.74) is 3.67. The number of benzene rings is 1. The van der Waals surface area contributed by atoms with Crippen molar-refractivity contribution in [2.24, 2.45) is 0 Å². The summed E-state index contributed by atoms with van der Waals surface area (Å²) in [5, 5.41) is 2.93. The fraction of sp³-hybridized carbons (Fsp3) is 0.267. The molecule has 0 unspecified atom stereocenters. The lowest BCUT2D eigenvalue weighted by molar-refractivity contribution is 0.864. The van der Waals surface area contributed by atoms with Crippen LogP contribution < -0.4 is 5.32 Å². The van der Waals surface area contributed by atoms with Crippen molar-refractivity contribution in [2.75, 3.05) is 13.6 Å². The molecule has 90 valence electrons. The summed E-state index contributed by atoms with van der Waals surface area (Å²) in [6, 6.07) is 12.5. The molecule has 17 heavy (non-hydrogen) atoms. The largest absolute Gasteiger partial charge is 0.320 e. The lowest BCUT2D eigenvalue weighted by Gasteiger charge is -2.00. The molecule has 0 spiro atoms. The van der Waals surface area contributed by atoms with Crippen molar-refractivity contribution in [3.63, 3.8) is 0 Å². The number of rotatable bonds is 2. The first-order chi connectivity index (χ1) is 8.27. The van der Waals surface area contributed by atoms with Crippen LogP contribution in [0.1, 0.15) is 12.5 Å². The Morgan fingerprint density at radius 1 is 1.06 bits per heavy atom. The first kappa shape index (κ1) is 13.4. The molecule has 2 aromatic rings. The van der Waals surface area contributed by atoms with E-state index in [9.17, 15) is 0 Å². The summed E-state index contributed by atoms with van der Waals surface area (Å²) in [7, 11) is 1.93. The maximum absolute atomic E-state index is 4.08. The number of pyridine rings is 1. The smallest absolute Gasteiger partial charge is 0.0346 e. The zero-order chi connectivity index (χ0) is 12.5. The fourth-order valence-electron chi connectivity index (χ4n) is 1.28. The number of hydrogen-bond acceptors (Lipinski definition) is 2. The Balaban J connectivity index is 0.000000317. The molecule has 1 heterocycles. The molecule has 0 fully saturated rings. The van der Waals surface area contributed by atoms with Crippen molar-refractivity contribution in [3.8, 4) is 11.1 Å². The average Bonchev–Trinajstić information content (AvgIpc) is 2.41. The normalized spacial score (nSPS) is 9.35. The molecular weight excluding hydrogens is 208 g/mol. The molecule has 0 radical (unpaired) electrons. The monoisotopic (exact) mass is 228 g/mol. The first-order valence-electron chi connectivity index (χ1n) is 5.89. The van der Waals surface area contributed by atoms with E-state index in [1.54, 1.807) is 6.20 Å². The van der Waals surface area contributed by atoms with Crippen LogP contribution in [0.25, 0.3) is 11.1 Å². The zero-order valence-corrected chi connectivity index (χ0v) is 10.8. The summed E-state index contributed by atoms with van der Waals surface area (Å²) in [4.78, 5) is 4.08. The molecular formula is C15H20N2. The van der Waals surface area contributed by atoms with Crippen LogP contribution in [0.2, 0.25) is 0 Å². The Bertz CT molecular complexity index is 405. The highest BCUT2D eigenvalue weighted by atomic mass is 14.8. The van der Waals surface area contributed by atoms with Crippen LogP contribution in [0.3, 0.4) is 0 Å². The van der Waals surface area contributed by atoms with E-state index in [0.29, 0.717) is 0 Å². The molecule has 1 N–H and O–H groups in total. The van der Waals surface area contributed by atoms with Gasteiger partial charge in [-0.15, -0.1) is 0 Å². The Labute approximate surface area is 104 Å². The first-order valence-corrected chi connectivity index (χ1v) is 5.89. The van der Waals surface area contributed by atoms with E-state index in [4.69, 9.17) is 0 Å². The van der Waals surface area contributed by atoms with E-state index in [1.165, 1.54) is 16.7 Å². The minimum atomic E-state index is 1.07. The molecule has 1 aromatic carbocycles. The molecule has 2 rings (SSSR count). The van der Waals surface area contributed by atoms with Crippen LogP contribution in [-0.4, -0.2) is 18.6 Å². The van der Waals surface area contributed by atoms with E-state index < -0.39 is 0 Å². The molecule has 0 aliphatic rings. The standard InChI is InChI=1S/C12H11N.C3H9N/c1-10-4-6-11(7-5-10)12-3-2-8-13-9-12;1-3-4-2/h2-9H,1H3;4H,3H2,1-2H3. The predicted octanol–water partition coefficient (Wildman–Crippen LogP) is 3.28. The third kappa shape index (κ3) is 4.79. The van der Waals surface area contributed by atoms with Crippen LogP contribution in [-0.2, 0) is 0 Å².